The van der Waals surface area contributed by atoms with Crippen molar-refractivity contribution in [1.82, 2.24) is 4.98 Å². The second kappa shape index (κ2) is 4.82. The molecule has 0 aliphatic carbocycles. The van der Waals surface area contributed by atoms with Crippen molar-refractivity contribution in [3.05, 3.63) is 46.1 Å². The maximum Gasteiger partial charge on any atom is 0.132 e. The maximum absolute atomic E-state index is 6.04. The van der Waals surface area contributed by atoms with Crippen molar-refractivity contribution < 1.29 is 0 Å². The molecule has 3 N–H and O–H groups in total. The Morgan fingerprint density at radius 1 is 1.24 bits per heavy atom. The number of nitrogen functional groups attached to an aromatic ring is 1. The number of rotatable bonds is 2. The van der Waals surface area contributed by atoms with Crippen molar-refractivity contribution in [3.63, 3.8) is 0 Å². The van der Waals surface area contributed by atoms with Gasteiger partial charge in [0.25, 0.3) is 0 Å². The van der Waals surface area contributed by atoms with E-state index in [2.05, 4.69) is 10.3 Å². The highest BCUT2D eigenvalue weighted by atomic mass is 35.5. The molecule has 0 fully saturated rings. The van der Waals surface area contributed by atoms with E-state index in [4.69, 9.17) is 28.9 Å². The Morgan fingerprint density at radius 2 is 2.00 bits per heavy atom. The molecule has 17 heavy (non-hydrogen) atoms. The fraction of sp³-hybridized carbons (Fsp3) is 0.0833. The molecule has 0 aliphatic rings. The van der Waals surface area contributed by atoms with Gasteiger partial charge < -0.3 is 11.1 Å². The maximum atomic E-state index is 6.04. The SMILES string of the molecule is Cc1cnc(Nc2ccc(Cl)cc2Cl)cc1N. The zero-order chi connectivity index (χ0) is 12.4. The van der Waals surface area contributed by atoms with Gasteiger partial charge in [0.05, 0.1) is 10.7 Å². The van der Waals surface area contributed by atoms with Crippen molar-refractivity contribution >= 4 is 40.4 Å². The van der Waals surface area contributed by atoms with Crippen molar-refractivity contribution in [2.75, 3.05) is 11.1 Å². The predicted octanol–water partition coefficient (Wildman–Crippen LogP) is 4.02. The predicted molar refractivity (Wildman–Crippen MR) is 73.1 cm³/mol. The van der Waals surface area contributed by atoms with Crippen LogP contribution in [0.15, 0.2) is 30.5 Å². The summed E-state index contributed by atoms with van der Waals surface area (Å²) in [7, 11) is 0. The minimum absolute atomic E-state index is 0.540. The quantitative estimate of drug-likeness (QED) is 0.864. The summed E-state index contributed by atoms with van der Waals surface area (Å²) in [5, 5.41) is 4.22. The third-order valence-electron chi connectivity index (χ3n) is 2.34. The van der Waals surface area contributed by atoms with Gasteiger partial charge in [-0.25, -0.2) is 4.98 Å². The van der Waals surface area contributed by atoms with E-state index in [-0.39, 0.29) is 0 Å². The van der Waals surface area contributed by atoms with Gasteiger partial charge in [-0.05, 0) is 30.7 Å². The minimum Gasteiger partial charge on any atom is -0.398 e. The summed E-state index contributed by atoms with van der Waals surface area (Å²) >= 11 is 11.9. The molecule has 0 radical (unpaired) electrons. The molecule has 0 unspecified atom stereocenters. The third kappa shape index (κ3) is 2.81. The molecule has 1 heterocycles. The molecule has 0 bridgehead atoms. The Kier molecular flexibility index (Phi) is 3.41. The van der Waals surface area contributed by atoms with Crippen LogP contribution in [-0.4, -0.2) is 4.98 Å². The fourth-order valence-corrected chi connectivity index (χ4v) is 1.79. The van der Waals surface area contributed by atoms with Gasteiger partial charge in [-0.3, -0.25) is 0 Å². The van der Waals surface area contributed by atoms with Crippen LogP contribution < -0.4 is 11.1 Å². The van der Waals surface area contributed by atoms with Gasteiger partial charge in [0.2, 0.25) is 0 Å². The Balaban J connectivity index is 2.28. The van der Waals surface area contributed by atoms with Crippen LogP contribution in [0.5, 0.6) is 0 Å². The van der Waals surface area contributed by atoms with Gasteiger partial charge >= 0.3 is 0 Å². The Labute approximate surface area is 110 Å². The van der Waals surface area contributed by atoms with Crippen LogP contribution >= 0.6 is 23.2 Å². The second-order valence-electron chi connectivity index (χ2n) is 3.68. The summed E-state index contributed by atoms with van der Waals surface area (Å²) < 4.78 is 0. The highest BCUT2D eigenvalue weighted by Crippen LogP contribution is 2.28. The molecule has 5 heteroatoms. The summed E-state index contributed by atoms with van der Waals surface area (Å²) in [6, 6.07) is 6.99. The third-order valence-corrected chi connectivity index (χ3v) is 2.89. The number of anilines is 3. The molecule has 88 valence electrons. The molecule has 1 aromatic heterocycles. The Morgan fingerprint density at radius 3 is 2.65 bits per heavy atom. The van der Waals surface area contributed by atoms with Crippen molar-refractivity contribution in [2.45, 2.75) is 6.92 Å². The van der Waals surface area contributed by atoms with Gasteiger partial charge in [0.1, 0.15) is 5.82 Å². The summed E-state index contributed by atoms with van der Waals surface area (Å²) in [6.45, 7) is 1.90. The van der Waals surface area contributed by atoms with E-state index in [1.807, 2.05) is 6.92 Å². The lowest BCUT2D eigenvalue weighted by Crippen LogP contribution is -1.97. The van der Waals surface area contributed by atoms with Crippen LogP contribution in [0.4, 0.5) is 17.2 Å². The van der Waals surface area contributed by atoms with E-state index in [1.54, 1.807) is 30.5 Å². The van der Waals surface area contributed by atoms with Gasteiger partial charge in [0.15, 0.2) is 0 Å². The largest absolute Gasteiger partial charge is 0.398 e. The monoisotopic (exact) mass is 267 g/mol. The van der Waals surface area contributed by atoms with Crippen LogP contribution in [0.3, 0.4) is 0 Å². The number of nitrogens with zero attached hydrogens (tertiary/aromatic N) is 1. The smallest absolute Gasteiger partial charge is 0.132 e. The van der Waals surface area contributed by atoms with E-state index in [9.17, 15) is 0 Å². The molecule has 0 atom stereocenters. The molecule has 2 rings (SSSR count). The first kappa shape index (κ1) is 12.0. The van der Waals surface area contributed by atoms with Crippen LogP contribution in [0.25, 0.3) is 0 Å². The number of aryl methyl sites for hydroxylation is 1. The number of hydrogen-bond donors (Lipinski definition) is 2. The molecule has 0 spiro atoms. The number of benzene rings is 1. The van der Waals surface area contributed by atoms with Crippen molar-refractivity contribution in [1.29, 1.82) is 0 Å². The molecular formula is C12H11Cl2N3. The fourth-order valence-electron chi connectivity index (χ4n) is 1.34. The zero-order valence-electron chi connectivity index (χ0n) is 9.17. The molecule has 0 saturated heterocycles. The molecule has 0 saturated carbocycles. The van der Waals surface area contributed by atoms with Crippen molar-refractivity contribution in [2.24, 2.45) is 0 Å². The summed E-state index contributed by atoms with van der Waals surface area (Å²) in [4.78, 5) is 4.22. The lowest BCUT2D eigenvalue weighted by molar-refractivity contribution is 1.26. The number of nitrogens with one attached hydrogen (secondary N) is 1. The number of nitrogens with two attached hydrogens (primary N) is 1. The molecule has 2 aromatic rings. The van der Waals surface area contributed by atoms with Gasteiger partial charge in [-0.1, -0.05) is 23.2 Å². The Bertz CT molecular complexity index is 555. The normalized spacial score (nSPS) is 10.3. The lowest BCUT2D eigenvalue weighted by Gasteiger charge is -2.09. The molecular weight excluding hydrogens is 257 g/mol. The molecule has 3 nitrogen and oxygen atoms in total. The summed E-state index contributed by atoms with van der Waals surface area (Å²) in [6.07, 6.45) is 1.71. The van der Waals surface area contributed by atoms with Crippen molar-refractivity contribution in [3.8, 4) is 0 Å². The van der Waals surface area contributed by atoms with Gasteiger partial charge in [-0.2, -0.15) is 0 Å². The topological polar surface area (TPSA) is 50.9 Å². The number of halogens is 2. The first-order valence-electron chi connectivity index (χ1n) is 5.00. The second-order valence-corrected chi connectivity index (χ2v) is 4.52. The van der Waals surface area contributed by atoms with E-state index < -0.39 is 0 Å². The average Bonchev–Trinajstić information content (AvgIpc) is 2.27. The highest BCUT2D eigenvalue weighted by Gasteiger charge is 2.03. The number of aromatic nitrogens is 1. The number of hydrogen-bond acceptors (Lipinski definition) is 3. The first-order valence-corrected chi connectivity index (χ1v) is 5.76. The molecule has 0 amide bonds. The Hall–Kier alpha value is -1.45. The van der Waals surface area contributed by atoms with E-state index in [0.29, 0.717) is 21.6 Å². The summed E-state index contributed by atoms with van der Waals surface area (Å²) in [5.74, 6) is 0.650. The first-order chi connectivity index (χ1) is 8.06. The van der Waals surface area contributed by atoms with Gasteiger partial charge in [0, 0.05) is 23.0 Å². The average molecular weight is 268 g/mol. The van der Waals surface area contributed by atoms with Crippen LogP contribution in [0.1, 0.15) is 5.56 Å². The summed E-state index contributed by atoms with van der Waals surface area (Å²) in [5.41, 5.74) is 8.17. The van der Waals surface area contributed by atoms with Crippen LogP contribution in [0, 0.1) is 6.92 Å². The van der Waals surface area contributed by atoms with Gasteiger partial charge in [-0.15, -0.1) is 0 Å². The molecule has 0 aliphatic heterocycles. The minimum atomic E-state index is 0.540. The van der Waals surface area contributed by atoms with E-state index >= 15 is 0 Å². The lowest BCUT2D eigenvalue weighted by atomic mass is 10.2. The number of pyridine rings is 1. The zero-order valence-corrected chi connectivity index (χ0v) is 10.7. The van der Waals surface area contributed by atoms with Crippen LogP contribution in [0.2, 0.25) is 10.0 Å². The highest BCUT2D eigenvalue weighted by molar-refractivity contribution is 6.36. The van der Waals surface area contributed by atoms with E-state index in [1.165, 1.54) is 0 Å². The van der Waals surface area contributed by atoms with E-state index in [0.717, 1.165) is 11.3 Å². The molecule has 1 aromatic carbocycles. The standard InChI is InChI=1S/C12H11Cl2N3/c1-7-6-16-12(5-10(7)15)17-11-3-2-8(13)4-9(11)14/h2-6H,1H3,(H3,15,16,17). The van der Waals surface area contributed by atoms with Crippen LogP contribution in [-0.2, 0) is 0 Å².